The van der Waals surface area contributed by atoms with Gasteiger partial charge in [0.1, 0.15) is 0 Å². The molecular formula is C7H11NO3. The summed E-state index contributed by atoms with van der Waals surface area (Å²) in [6.45, 7) is 1.50. The average molecular weight is 157 g/mol. The highest BCUT2D eigenvalue weighted by Gasteiger charge is 2.32. The summed E-state index contributed by atoms with van der Waals surface area (Å²) < 4.78 is 0. The maximum atomic E-state index is 11.0. The highest BCUT2D eigenvalue weighted by molar-refractivity contribution is 6.02. The molecule has 11 heavy (non-hydrogen) atoms. The number of aliphatic hydroxyl groups excluding tert-OH is 1. The van der Waals surface area contributed by atoms with Crippen molar-refractivity contribution in [3.05, 3.63) is 0 Å². The van der Waals surface area contributed by atoms with E-state index in [0.717, 1.165) is 4.90 Å². The van der Waals surface area contributed by atoms with Crippen molar-refractivity contribution < 1.29 is 14.7 Å². The van der Waals surface area contributed by atoms with Crippen molar-refractivity contribution in [3.8, 4) is 0 Å². The standard InChI is InChI=1S/C7H11NO3/c1-5(4-9)8-6(10)2-3-7(8)11/h5,9H,2-4H2,1H3. The summed E-state index contributed by atoms with van der Waals surface area (Å²) in [6.07, 6.45) is 0.590. The van der Waals surface area contributed by atoms with Gasteiger partial charge in [0, 0.05) is 12.8 Å². The maximum Gasteiger partial charge on any atom is 0.230 e. The summed E-state index contributed by atoms with van der Waals surface area (Å²) in [7, 11) is 0. The number of nitrogens with zero attached hydrogens (tertiary/aromatic N) is 1. The van der Waals surface area contributed by atoms with E-state index in [4.69, 9.17) is 5.11 Å². The first-order chi connectivity index (χ1) is 5.16. The third-order valence-corrected chi connectivity index (χ3v) is 1.80. The van der Waals surface area contributed by atoms with Crippen LogP contribution in [-0.4, -0.2) is 34.5 Å². The number of hydrogen-bond donors (Lipinski definition) is 1. The molecule has 0 aromatic heterocycles. The van der Waals surface area contributed by atoms with E-state index in [1.807, 2.05) is 0 Å². The Hall–Kier alpha value is -0.900. The van der Waals surface area contributed by atoms with Crippen molar-refractivity contribution in [3.63, 3.8) is 0 Å². The Morgan fingerprint density at radius 3 is 2.27 bits per heavy atom. The molecular weight excluding hydrogens is 146 g/mol. The highest BCUT2D eigenvalue weighted by atomic mass is 16.3. The van der Waals surface area contributed by atoms with Gasteiger partial charge in [-0.25, -0.2) is 0 Å². The van der Waals surface area contributed by atoms with Crippen LogP contribution < -0.4 is 0 Å². The van der Waals surface area contributed by atoms with E-state index in [2.05, 4.69) is 0 Å². The Morgan fingerprint density at radius 1 is 1.45 bits per heavy atom. The van der Waals surface area contributed by atoms with Crippen LogP contribution >= 0.6 is 0 Å². The molecule has 0 spiro atoms. The molecule has 4 nitrogen and oxygen atoms in total. The van der Waals surface area contributed by atoms with Gasteiger partial charge in [0.2, 0.25) is 11.8 Å². The Labute approximate surface area is 64.8 Å². The topological polar surface area (TPSA) is 57.6 Å². The molecule has 1 rings (SSSR count). The smallest absolute Gasteiger partial charge is 0.230 e. The molecule has 0 saturated carbocycles. The van der Waals surface area contributed by atoms with Gasteiger partial charge >= 0.3 is 0 Å². The van der Waals surface area contributed by atoms with Crippen LogP contribution in [0, 0.1) is 0 Å². The molecule has 1 unspecified atom stereocenters. The zero-order chi connectivity index (χ0) is 8.43. The predicted molar refractivity (Wildman–Crippen MR) is 37.6 cm³/mol. The van der Waals surface area contributed by atoms with Crippen LogP contribution in [0.5, 0.6) is 0 Å². The summed E-state index contributed by atoms with van der Waals surface area (Å²) in [4.78, 5) is 23.1. The zero-order valence-electron chi connectivity index (χ0n) is 6.41. The van der Waals surface area contributed by atoms with Crippen molar-refractivity contribution in [1.82, 2.24) is 4.90 Å². The molecule has 1 N–H and O–H groups in total. The number of aliphatic hydroxyl groups is 1. The first-order valence-electron chi connectivity index (χ1n) is 3.62. The number of imide groups is 1. The number of hydrogen-bond acceptors (Lipinski definition) is 3. The fraction of sp³-hybridized carbons (Fsp3) is 0.714. The second-order valence-electron chi connectivity index (χ2n) is 2.69. The van der Waals surface area contributed by atoms with E-state index >= 15 is 0 Å². The molecule has 1 fully saturated rings. The molecule has 0 bridgehead atoms. The molecule has 0 aromatic rings. The van der Waals surface area contributed by atoms with Crippen LogP contribution in [0.3, 0.4) is 0 Å². The van der Waals surface area contributed by atoms with Crippen molar-refractivity contribution in [2.75, 3.05) is 6.61 Å². The van der Waals surface area contributed by atoms with Crippen LogP contribution in [0.1, 0.15) is 19.8 Å². The van der Waals surface area contributed by atoms with Crippen LogP contribution in [0.25, 0.3) is 0 Å². The summed E-state index contributed by atoms with van der Waals surface area (Å²) in [6, 6.07) is -0.363. The first-order valence-corrected chi connectivity index (χ1v) is 3.62. The monoisotopic (exact) mass is 157 g/mol. The highest BCUT2D eigenvalue weighted by Crippen LogP contribution is 2.14. The third kappa shape index (κ3) is 1.40. The Bertz CT molecular complexity index is 174. The second kappa shape index (κ2) is 3.00. The van der Waals surface area contributed by atoms with Crippen LogP contribution in [0.2, 0.25) is 0 Å². The molecule has 0 aliphatic carbocycles. The summed E-state index contributed by atoms with van der Waals surface area (Å²) in [5.41, 5.74) is 0. The van der Waals surface area contributed by atoms with Crippen LogP contribution in [0.15, 0.2) is 0 Å². The average Bonchev–Trinajstić information content (AvgIpc) is 2.30. The second-order valence-corrected chi connectivity index (χ2v) is 2.69. The molecule has 1 atom stereocenters. The van der Waals surface area contributed by atoms with Crippen molar-refractivity contribution >= 4 is 11.8 Å². The molecule has 2 amide bonds. The minimum atomic E-state index is -0.363. The normalized spacial score (nSPS) is 21.1. The Morgan fingerprint density at radius 2 is 1.91 bits per heavy atom. The molecule has 1 saturated heterocycles. The molecule has 62 valence electrons. The molecule has 1 aliphatic rings. The molecule has 1 heterocycles. The van der Waals surface area contributed by atoms with Crippen molar-refractivity contribution in [1.29, 1.82) is 0 Å². The lowest BCUT2D eigenvalue weighted by Crippen LogP contribution is -2.39. The molecule has 4 heteroatoms. The SMILES string of the molecule is CC(CO)N1C(=O)CCC1=O. The fourth-order valence-corrected chi connectivity index (χ4v) is 1.17. The lowest BCUT2D eigenvalue weighted by atomic mass is 10.3. The summed E-state index contributed by atoms with van der Waals surface area (Å²) >= 11 is 0. The minimum absolute atomic E-state index is 0.155. The Kier molecular flexibility index (Phi) is 2.24. The van der Waals surface area contributed by atoms with E-state index < -0.39 is 0 Å². The van der Waals surface area contributed by atoms with E-state index in [0.29, 0.717) is 12.8 Å². The zero-order valence-corrected chi connectivity index (χ0v) is 6.41. The summed E-state index contributed by atoms with van der Waals surface area (Å²) in [5, 5.41) is 8.68. The van der Waals surface area contributed by atoms with Crippen molar-refractivity contribution in [2.45, 2.75) is 25.8 Å². The Balaban J connectivity index is 2.68. The number of rotatable bonds is 2. The van der Waals surface area contributed by atoms with Gasteiger partial charge < -0.3 is 5.11 Å². The van der Waals surface area contributed by atoms with E-state index in [1.54, 1.807) is 6.92 Å². The summed E-state index contributed by atoms with van der Waals surface area (Å²) in [5.74, 6) is -0.340. The van der Waals surface area contributed by atoms with Gasteiger partial charge in [0.15, 0.2) is 0 Å². The first kappa shape index (κ1) is 8.20. The van der Waals surface area contributed by atoms with Gasteiger partial charge in [-0.2, -0.15) is 0 Å². The van der Waals surface area contributed by atoms with Gasteiger partial charge in [-0.1, -0.05) is 0 Å². The van der Waals surface area contributed by atoms with Crippen molar-refractivity contribution in [2.24, 2.45) is 0 Å². The number of carbonyl (C=O) groups is 2. The van der Waals surface area contributed by atoms with E-state index in [-0.39, 0.29) is 24.5 Å². The van der Waals surface area contributed by atoms with E-state index in [1.165, 1.54) is 0 Å². The maximum absolute atomic E-state index is 11.0. The van der Waals surface area contributed by atoms with Crippen LogP contribution in [0.4, 0.5) is 0 Å². The van der Waals surface area contributed by atoms with Gasteiger partial charge in [-0.15, -0.1) is 0 Å². The number of amides is 2. The van der Waals surface area contributed by atoms with Gasteiger partial charge in [-0.3, -0.25) is 14.5 Å². The quantitative estimate of drug-likeness (QED) is 0.550. The van der Waals surface area contributed by atoms with Gasteiger partial charge in [-0.05, 0) is 6.92 Å². The predicted octanol–water partition coefficient (Wildman–Crippen LogP) is -0.484. The number of likely N-dealkylation sites (tertiary alicyclic amines) is 1. The fourth-order valence-electron chi connectivity index (χ4n) is 1.17. The molecule has 0 radical (unpaired) electrons. The molecule has 0 aromatic carbocycles. The number of carbonyl (C=O) groups excluding carboxylic acids is 2. The van der Waals surface area contributed by atoms with Gasteiger partial charge in [0.25, 0.3) is 0 Å². The van der Waals surface area contributed by atoms with E-state index in [9.17, 15) is 9.59 Å². The lowest BCUT2D eigenvalue weighted by molar-refractivity contribution is -0.141. The molecule has 1 aliphatic heterocycles. The minimum Gasteiger partial charge on any atom is -0.394 e. The van der Waals surface area contributed by atoms with Crippen LogP contribution in [-0.2, 0) is 9.59 Å². The third-order valence-electron chi connectivity index (χ3n) is 1.80. The largest absolute Gasteiger partial charge is 0.394 e. The van der Waals surface area contributed by atoms with Gasteiger partial charge in [0.05, 0.1) is 12.6 Å². The lowest BCUT2D eigenvalue weighted by Gasteiger charge is -2.19.